The quantitative estimate of drug-likeness (QED) is 0.610. The summed E-state index contributed by atoms with van der Waals surface area (Å²) in [5, 5.41) is 3.26. The van der Waals surface area contributed by atoms with Crippen LogP contribution in [0.2, 0.25) is 0 Å². The summed E-state index contributed by atoms with van der Waals surface area (Å²) in [6.07, 6.45) is 4.62. The molecule has 0 radical (unpaired) electrons. The van der Waals surface area contributed by atoms with Crippen LogP contribution in [0.4, 0.5) is 11.5 Å². The van der Waals surface area contributed by atoms with Crippen molar-refractivity contribution in [2.24, 2.45) is 0 Å². The van der Waals surface area contributed by atoms with Gasteiger partial charge in [0, 0.05) is 6.54 Å². The number of aromatic nitrogens is 2. The SMILES string of the molecule is CCCCOc1ncnc(NCCCN(CC)CC)c1N. The molecule has 0 bridgehead atoms. The second-order valence-corrected chi connectivity index (χ2v) is 4.95. The number of rotatable bonds is 11. The molecular weight excluding hydrogens is 266 g/mol. The molecule has 1 rings (SSSR count). The second-order valence-electron chi connectivity index (χ2n) is 4.95. The Labute approximate surface area is 128 Å². The number of ether oxygens (including phenoxy) is 1. The van der Waals surface area contributed by atoms with E-state index in [2.05, 4.69) is 41.0 Å². The molecule has 6 nitrogen and oxygen atoms in total. The van der Waals surface area contributed by atoms with E-state index in [1.807, 2.05) is 0 Å². The monoisotopic (exact) mass is 295 g/mol. The Morgan fingerprint density at radius 2 is 1.95 bits per heavy atom. The van der Waals surface area contributed by atoms with E-state index in [9.17, 15) is 0 Å². The topological polar surface area (TPSA) is 76.3 Å². The second kappa shape index (κ2) is 10.2. The van der Waals surface area contributed by atoms with Gasteiger partial charge in [-0.3, -0.25) is 0 Å². The van der Waals surface area contributed by atoms with E-state index < -0.39 is 0 Å². The van der Waals surface area contributed by atoms with Crippen molar-refractivity contribution in [1.82, 2.24) is 14.9 Å². The summed E-state index contributed by atoms with van der Waals surface area (Å²) >= 11 is 0. The van der Waals surface area contributed by atoms with E-state index >= 15 is 0 Å². The average molecular weight is 295 g/mol. The number of nitrogens with two attached hydrogens (primary N) is 1. The summed E-state index contributed by atoms with van der Waals surface area (Å²) in [4.78, 5) is 10.7. The van der Waals surface area contributed by atoms with Crippen LogP contribution in [0, 0.1) is 0 Å². The van der Waals surface area contributed by atoms with Gasteiger partial charge in [0.2, 0.25) is 5.88 Å². The van der Waals surface area contributed by atoms with Gasteiger partial charge in [-0.05, 0) is 32.5 Å². The highest BCUT2D eigenvalue weighted by molar-refractivity contribution is 5.66. The molecule has 120 valence electrons. The molecule has 0 atom stereocenters. The van der Waals surface area contributed by atoms with E-state index in [1.165, 1.54) is 6.33 Å². The van der Waals surface area contributed by atoms with E-state index in [0.29, 0.717) is 24.0 Å². The van der Waals surface area contributed by atoms with Crippen molar-refractivity contribution >= 4 is 11.5 Å². The number of nitrogens with one attached hydrogen (secondary N) is 1. The number of anilines is 2. The molecule has 0 saturated carbocycles. The molecular formula is C15H29N5O. The summed E-state index contributed by atoms with van der Waals surface area (Å²) < 4.78 is 5.57. The van der Waals surface area contributed by atoms with Gasteiger partial charge in [0.05, 0.1) is 6.61 Å². The Morgan fingerprint density at radius 1 is 1.19 bits per heavy atom. The number of nitrogens with zero attached hydrogens (tertiary/aromatic N) is 3. The lowest BCUT2D eigenvalue weighted by atomic mass is 10.3. The van der Waals surface area contributed by atoms with Crippen molar-refractivity contribution in [3.63, 3.8) is 0 Å². The van der Waals surface area contributed by atoms with Gasteiger partial charge in [-0.25, -0.2) is 4.98 Å². The molecule has 0 spiro atoms. The van der Waals surface area contributed by atoms with Gasteiger partial charge in [-0.15, -0.1) is 0 Å². The van der Waals surface area contributed by atoms with E-state index in [-0.39, 0.29) is 0 Å². The first kappa shape index (κ1) is 17.5. The van der Waals surface area contributed by atoms with Crippen LogP contribution in [0.25, 0.3) is 0 Å². The molecule has 0 aromatic carbocycles. The normalized spacial score (nSPS) is 10.9. The number of hydrogen-bond acceptors (Lipinski definition) is 6. The van der Waals surface area contributed by atoms with Crippen LogP contribution in [0.3, 0.4) is 0 Å². The molecule has 0 amide bonds. The van der Waals surface area contributed by atoms with Crippen molar-refractivity contribution in [1.29, 1.82) is 0 Å². The Bertz CT molecular complexity index is 396. The molecule has 1 aromatic rings. The summed E-state index contributed by atoms with van der Waals surface area (Å²) in [6.45, 7) is 11.2. The first-order valence-corrected chi connectivity index (χ1v) is 7.92. The van der Waals surface area contributed by atoms with E-state index in [0.717, 1.165) is 45.4 Å². The summed E-state index contributed by atoms with van der Waals surface area (Å²) in [5.74, 6) is 1.14. The van der Waals surface area contributed by atoms with Crippen LogP contribution < -0.4 is 15.8 Å². The van der Waals surface area contributed by atoms with Crippen LogP contribution in [0.1, 0.15) is 40.0 Å². The summed E-state index contributed by atoms with van der Waals surface area (Å²) in [6, 6.07) is 0. The fourth-order valence-electron chi connectivity index (χ4n) is 2.00. The minimum absolute atomic E-state index is 0.477. The zero-order valence-electron chi connectivity index (χ0n) is 13.6. The lowest BCUT2D eigenvalue weighted by Crippen LogP contribution is -2.25. The van der Waals surface area contributed by atoms with Crippen LogP contribution >= 0.6 is 0 Å². The Balaban J connectivity index is 2.42. The molecule has 0 aliphatic heterocycles. The third kappa shape index (κ3) is 6.16. The molecule has 0 unspecified atom stereocenters. The van der Waals surface area contributed by atoms with Gasteiger partial charge in [-0.1, -0.05) is 27.2 Å². The Morgan fingerprint density at radius 3 is 2.62 bits per heavy atom. The van der Waals surface area contributed by atoms with Crippen molar-refractivity contribution in [2.75, 3.05) is 43.8 Å². The predicted octanol–water partition coefficient (Wildman–Crippen LogP) is 2.38. The van der Waals surface area contributed by atoms with Gasteiger partial charge in [-0.2, -0.15) is 4.98 Å². The number of unbranched alkanes of at least 4 members (excludes halogenated alkanes) is 1. The molecule has 21 heavy (non-hydrogen) atoms. The Kier molecular flexibility index (Phi) is 8.50. The van der Waals surface area contributed by atoms with Gasteiger partial charge in [0.15, 0.2) is 5.82 Å². The largest absolute Gasteiger partial charge is 0.476 e. The minimum Gasteiger partial charge on any atom is -0.476 e. The molecule has 0 fully saturated rings. The fourth-order valence-corrected chi connectivity index (χ4v) is 2.00. The van der Waals surface area contributed by atoms with Crippen molar-refractivity contribution in [3.05, 3.63) is 6.33 Å². The highest BCUT2D eigenvalue weighted by Crippen LogP contribution is 2.24. The van der Waals surface area contributed by atoms with Crippen LogP contribution in [-0.4, -0.2) is 47.7 Å². The maximum absolute atomic E-state index is 6.04. The number of nitrogen functional groups attached to an aromatic ring is 1. The van der Waals surface area contributed by atoms with Gasteiger partial charge >= 0.3 is 0 Å². The summed E-state index contributed by atoms with van der Waals surface area (Å²) in [5.41, 5.74) is 6.53. The highest BCUT2D eigenvalue weighted by atomic mass is 16.5. The van der Waals surface area contributed by atoms with Gasteiger partial charge < -0.3 is 20.7 Å². The fraction of sp³-hybridized carbons (Fsp3) is 0.733. The van der Waals surface area contributed by atoms with Crippen molar-refractivity contribution in [3.8, 4) is 5.88 Å². The molecule has 3 N–H and O–H groups in total. The smallest absolute Gasteiger partial charge is 0.242 e. The predicted molar refractivity (Wildman–Crippen MR) is 87.7 cm³/mol. The minimum atomic E-state index is 0.477. The molecule has 0 aliphatic carbocycles. The average Bonchev–Trinajstić information content (AvgIpc) is 2.50. The number of hydrogen-bond donors (Lipinski definition) is 2. The Hall–Kier alpha value is -1.56. The first-order valence-electron chi connectivity index (χ1n) is 7.92. The van der Waals surface area contributed by atoms with Crippen molar-refractivity contribution < 1.29 is 4.74 Å². The molecule has 1 heterocycles. The van der Waals surface area contributed by atoms with Gasteiger partial charge in [0.25, 0.3) is 0 Å². The van der Waals surface area contributed by atoms with Crippen molar-refractivity contribution in [2.45, 2.75) is 40.0 Å². The maximum Gasteiger partial charge on any atom is 0.242 e. The van der Waals surface area contributed by atoms with Crippen LogP contribution in [0.15, 0.2) is 6.33 Å². The lowest BCUT2D eigenvalue weighted by molar-refractivity contribution is 0.299. The highest BCUT2D eigenvalue weighted by Gasteiger charge is 2.08. The maximum atomic E-state index is 6.04. The van der Waals surface area contributed by atoms with E-state index in [1.54, 1.807) is 0 Å². The first-order chi connectivity index (χ1) is 10.2. The third-order valence-electron chi connectivity index (χ3n) is 3.42. The zero-order chi connectivity index (χ0) is 15.5. The van der Waals surface area contributed by atoms with E-state index in [4.69, 9.17) is 10.5 Å². The van der Waals surface area contributed by atoms with Crippen LogP contribution in [-0.2, 0) is 0 Å². The summed E-state index contributed by atoms with van der Waals surface area (Å²) in [7, 11) is 0. The zero-order valence-corrected chi connectivity index (χ0v) is 13.6. The standard InChI is InChI=1S/C15H29N5O/c1-4-7-11-21-15-13(16)14(18-12-19-15)17-9-8-10-20(5-2)6-3/h12H,4-11,16H2,1-3H3,(H,17,18,19). The van der Waals surface area contributed by atoms with Gasteiger partial charge in [0.1, 0.15) is 12.0 Å². The molecule has 0 aliphatic rings. The third-order valence-corrected chi connectivity index (χ3v) is 3.42. The lowest BCUT2D eigenvalue weighted by Gasteiger charge is -2.18. The molecule has 6 heteroatoms. The van der Waals surface area contributed by atoms with Crippen LogP contribution in [0.5, 0.6) is 5.88 Å². The molecule has 1 aromatic heterocycles. The molecule has 0 saturated heterocycles.